The van der Waals surface area contributed by atoms with Crippen molar-refractivity contribution < 1.29 is 9.47 Å². The number of fused-ring (bicyclic) bond motifs is 1. The summed E-state index contributed by atoms with van der Waals surface area (Å²) in [5, 5.41) is 0. The molecule has 0 atom stereocenters. The summed E-state index contributed by atoms with van der Waals surface area (Å²) in [5.41, 5.74) is 8.81. The van der Waals surface area contributed by atoms with Crippen molar-refractivity contribution >= 4 is 11.4 Å². The molecule has 0 aliphatic carbocycles. The van der Waals surface area contributed by atoms with Crippen LogP contribution in [0, 0.1) is 0 Å². The van der Waals surface area contributed by atoms with Crippen LogP contribution in [0.25, 0.3) is 0 Å². The summed E-state index contributed by atoms with van der Waals surface area (Å²) in [7, 11) is 2.06. The number of anilines is 2. The SMILES string of the molecule is CN(Cc1ccc(N)cc1)c1ccc2c(c1)OCCO2. The molecule has 3 rings (SSSR count). The van der Waals surface area contributed by atoms with Crippen LogP contribution < -0.4 is 20.1 Å². The monoisotopic (exact) mass is 270 g/mol. The Bertz CT molecular complexity index is 596. The van der Waals surface area contributed by atoms with Gasteiger partial charge in [0.25, 0.3) is 0 Å². The van der Waals surface area contributed by atoms with Gasteiger partial charge in [-0.25, -0.2) is 0 Å². The summed E-state index contributed by atoms with van der Waals surface area (Å²) < 4.78 is 11.1. The van der Waals surface area contributed by atoms with E-state index in [4.69, 9.17) is 15.2 Å². The van der Waals surface area contributed by atoms with Crippen LogP contribution >= 0.6 is 0 Å². The second-order valence-electron chi connectivity index (χ2n) is 4.93. The quantitative estimate of drug-likeness (QED) is 0.871. The van der Waals surface area contributed by atoms with Gasteiger partial charge >= 0.3 is 0 Å². The first-order chi connectivity index (χ1) is 9.72. The molecule has 4 nitrogen and oxygen atoms in total. The molecule has 2 aromatic carbocycles. The first kappa shape index (κ1) is 12.7. The molecule has 0 saturated heterocycles. The molecule has 2 N–H and O–H groups in total. The predicted molar refractivity (Wildman–Crippen MR) is 80.4 cm³/mol. The molecule has 4 heteroatoms. The fourth-order valence-corrected chi connectivity index (χ4v) is 2.26. The van der Waals surface area contributed by atoms with Crippen LogP contribution in [-0.2, 0) is 6.54 Å². The first-order valence-corrected chi connectivity index (χ1v) is 6.67. The molecule has 0 amide bonds. The largest absolute Gasteiger partial charge is 0.486 e. The van der Waals surface area contributed by atoms with Crippen molar-refractivity contribution in [1.82, 2.24) is 0 Å². The van der Waals surface area contributed by atoms with Crippen LogP contribution in [0.4, 0.5) is 11.4 Å². The standard InChI is InChI=1S/C16H18N2O2/c1-18(11-12-2-4-13(17)5-3-12)14-6-7-15-16(10-14)20-9-8-19-15/h2-7,10H,8-9,11,17H2,1H3. The number of benzene rings is 2. The average molecular weight is 270 g/mol. The molecule has 1 heterocycles. The van der Waals surface area contributed by atoms with Gasteiger partial charge < -0.3 is 20.1 Å². The maximum atomic E-state index is 5.70. The van der Waals surface area contributed by atoms with Crippen LogP contribution in [0.3, 0.4) is 0 Å². The number of hydrogen-bond acceptors (Lipinski definition) is 4. The zero-order valence-electron chi connectivity index (χ0n) is 11.5. The Hall–Kier alpha value is -2.36. The van der Waals surface area contributed by atoms with Crippen molar-refractivity contribution in [2.45, 2.75) is 6.54 Å². The Balaban J connectivity index is 1.76. The van der Waals surface area contributed by atoms with Gasteiger partial charge in [-0.2, -0.15) is 0 Å². The summed E-state index contributed by atoms with van der Waals surface area (Å²) >= 11 is 0. The number of ether oxygens (including phenoxy) is 2. The molecule has 1 aliphatic rings. The minimum atomic E-state index is 0.609. The van der Waals surface area contributed by atoms with E-state index >= 15 is 0 Å². The summed E-state index contributed by atoms with van der Waals surface area (Å²) in [4.78, 5) is 2.17. The Kier molecular flexibility index (Phi) is 3.37. The van der Waals surface area contributed by atoms with Crippen LogP contribution in [0.5, 0.6) is 11.5 Å². The highest BCUT2D eigenvalue weighted by molar-refractivity contribution is 5.56. The third-order valence-electron chi connectivity index (χ3n) is 3.37. The lowest BCUT2D eigenvalue weighted by atomic mass is 10.2. The zero-order valence-corrected chi connectivity index (χ0v) is 11.5. The van der Waals surface area contributed by atoms with Crippen molar-refractivity contribution in [2.24, 2.45) is 0 Å². The van der Waals surface area contributed by atoms with E-state index in [1.807, 2.05) is 42.5 Å². The van der Waals surface area contributed by atoms with Gasteiger partial charge in [0.15, 0.2) is 11.5 Å². The summed E-state index contributed by atoms with van der Waals surface area (Å²) in [5.74, 6) is 1.64. The molecule has 0 unspecified atom stereocenters. The van der Waals surface area contributed by atoms with Crippen molar-refractivity contribution in [3.63, 3.8) is 0 Å². The molecule has 0 aromatic heterocycles. The van der Waals surface area contributed by atoms with Gasteiger partial charge in [0.2, 0.25) is 0 Å². The van der Waals surface area contributed by atoms with E-state index in [0.717, 1.165) is 29.4 Å². The maximum absolute atomic E-state index is 5.70. The third-order valence-corrected chi connectivity index (χ3v) is 3.37. The van der Waals surface area contributed by atoms with Gasteiger partial charge in [-0.05, 0) is 29.8 Å². The molecule has 0 radical (unpaired) electrons. The van der Waals surface area contributed by atoms with E-state index in [0.29, 0.717) is 13.2 Å². The molecule has 20 heavy (non-hydrogen) atoms. The van der Waals surface area contributed by atoms with E-state index in [1.165, 1.54) is 5.56 Å². The number of hydrogen-bond donors (Lipinski definition) is 1. The molecular weight excluding hydrogens is 252 g/mol. The minimum Gasteiger partial charge on any atom is -0.486 e. The second kappa shape index (κ2) is 5.33. The Labute approximate surface area is 118 Å². The molecule has 2 aromatic rings. The number of rotatable bonds is 3. The minimum absolute atomic E-state index is 0.609. The van der Waals surface area contributed by atoms with Crippen molar-refractivity contribution in [3.05, 3.63) is 48.0 Å². The molecule has 0 bridgehead atoms. The lowest BCUT2D eigenvalue weighted by molar-refractivity contribution is 0.171. The molecule has 1 aliphatic heterocycles. The first-order valence-electron chi connectivity index (χ1n) is 6.67. The topological polar surface area (TPSA) is 47.7 Å². The van der Waals surface area contributed by atoms with E-state index < -0.39 is 0 Å². The lowest BCUT2D eigenvalue weighted by Gasteiger charge is -2.23. The summed E-state index contributed by atoms with van der Waals surface area (Å²) in [6, 6.07) is 14.0. The Morgan fingerprint density at radius 3 is 2.45 bits per heavy atom. The van der Waals surface area contributed by atoms with Gasteiger partial charge in [0, 0.05) is 31.0 Å². The van der Waals surface area contributed by atoms with Crippen LogP contribution in [-0.4, -0.2) is 20.3 Å². The van der Waals surface area contributed by atoms with E-state index in [2.05, 4.69) is 11.9 Å². The van der Waals surface area contributed by atoms with Crippen molar-refractivity contribution in [1.29, 1.82) is 0 Å². The van der Waals surface area contributed by atoms with Gasteiger partial charge in [-0.1, -0.05) is 12.1 Å². The molecule has 0 fully saturated rings. The van der Waals surface area contributed by atoms with E-state index in [-0.39, 0.29) is 0 Å². The van der Waals surface area contributed by atoms with E-state index in [9.17, 15) is 0 Å². The molecule has 104 valence electrons. The van der Waals surface area contributed by atoms with Gasteiger partial charge in [-0.3, -0.25) is 0 Å². The van der Waals surface area contributed by atoms with E-state index in [1.54, 1.807) is 0 Å². The van der Waals surface area contributed by atoms with Crippen LogP contribution in [0.1, 0.15) is 5.56 Å². The fraction of sp³-hybridized carbons (Fsp3) is 0.250. The fourth-order valence-electron chi connectivity index (χ4n) is 2.26. The second-order valence-corrected chi connectivity index (χ2v) is 4.93. The smallest absolute Gasteiger partial charge is 0.163 e. The number of nitrogens with zero attached hydrogens (tertiary/aromatic N) is 1. The highest BCUT2D eigenvalue weighted by Crippen LogP contribution is 2.34. The number of nitrogens with two attached hydrogens (primary N) is 1. The Morgan fingerprint density at radius 2 is 1.70 bits per heavy atom. The molecular formula is C16H18N2O2. The normalized spacial score (nSPS) is 13.1. The summed E-state index contributed by atoms with van der Waals surface area (Å²) in [6.45, 7) is 2.05. The highest BCUT2D eigenvalue weighted by Gasteiger charge is 2.13. The van der Waals surface area contributed by atoms with Gasteiger partial charge in [-0.15, -0.1) is 0 Å². The van der Waals surface area contributed by atoms with Gasteiger partial charge in [0.05, 0.1) is 0 Å². The number of nitrogen functional groups attached to an aromatic ring is 1. The molecule has 0 saturated carbocycles. The van der Waals surface area contributed by atoms with Crippen molar-refractivity contribution in [3.8, 4) is 11.5 Å². The third kappa shape index (κ3) is 2.64. The zero-order chi connectivity index (χ0) is 13.9. The van der Waals surface area contributed by atoms with Crippen LogP contribution in [0.2, 0.25) is 0 Å². The lowest BCUT2D eigenvalue weighted by Crippen LogP contribution is -2.18. The highest BCUT2D eigenvalue weighted by atomic mass is 16.6. The van der Waals surface area contributed by atoms with Crippen molar-refractivity contribution in [2.75, 3.05) is 30.9 Å². The van der Waals surface area contributed by atoms with Crippen LogP contribution in [0.15, 0.2) is 42.5 Å². The maximum Gasteiger partial charge on any atom is 0.163 e. The Morgan fingerprint density at radius 1 is 1.00 bits per heavy atom. The molecule has 0 spiro atoms. The van der Waals surface area contributed by atoms with Gasteiger partial charge in [0.1, 0.15) is 13.2 Å². The predicted octanol–water partition coefficient (Wildman–Crippen LogP) is 2.68. The summed E-state index contributed by atoms with van der Waals surface area (Å²) in [6.07, 6.45) is 0. The average Bonchev–Trinajstić information content (AvgIpc) is 2.49.